The number of rotatable bonds is 3. The van der Waals surface area contributed by atoms with Gasteiger partial charge in [0.25, 0.3) is 5.91 Å². The Balaban J connectivity index is 2.22. The SMILES string of the molecule is O=C(O)c1ccc(NC(=O)c2cccc(O)c2)c(Br)c1. The van der Waals surface area contributed by atoms with Crippen LogP contribution in [0.3, 0.4) is 0 Å². The summed E-state index contributed by atoms with van der Waals surface area (Å²) in [6.07, 6.45) is 0. The molecular formula is C14H10BrNO4. The average Bonchev–Trinajstić information content (AvgIpc) is 2.40. The molecule has 2 rings (SSSR count). The standard InChI is InChI=1S/C14H10BrNO4/c15-11-7-9(14(19)20)4-5-12(11)16-13(18)8-2-1-3-10(17)6-8/h1-7,17H,(H,16,18)(H,19,20). The molecule has 0 aromatic heterocycles. The minimum Gasteiger partial charge on any atom is -0.508 e. The maximum Gasteiger partial charge on any atom is 0.335 e. The number of carboxylic acids is 1. The molecule has 0 bridgehead atoms. The molecule has 0 heterocycles. The van der Waals surface area contributed by atoms with Crippen LogP contribution in [0.4, 0.5) is 5.69 Å². The van der Waals surface area contributed by atoms with Gasteiger partial charge in [-0.05, 0) is 52.3 Å². The fourth-order valence-electron chi connectivity index (χ4n) is 1.59. The molecule has 0 unspecified atom stereocenters. The van der Waals surface area contributed by atoms with E-state index < -0.39 is 11.9 Å². The minimum absolute atomic E-state index is 0.00191. The van der Waals surface area contributed by atoms with Crippen molar-refractivity contribution < 1.29 is 19.8 Å². The van der Waals surface area contributed by atoms with Crippen molar-refractivity contribution >= 4 is 33.5 Å². The Kier molecular flexibility index (Phi) is 4.05. The number of carbonyl (C=O) groups excluding carboxylic acids is 1. The van der Waals surface area contributed by atoms with Gasteiger partial charge in [-0.2, -0.15) is 0 Å². The zero-order chi connectivity index (χ0) is 14.7. The van der Waals surface area contributed by atoms with Gasteiger partial charge in [0.2, 0.25) is 0 Å². The number of nitrogens with one attached hydrogen (secondary N) is 1. The van der Waals surface area contributed by atoms with Crippen LogP contribution in [0.2, 0.25) is 0 Å². The topological polar surface area (TPSA) is 86.6 Å². The molecule has 0 radical (unpaired) electrons. The lowest BCUT2D eigenvalue weighted by Crippen LogP contribution is -2.12. The Labute approximate surface area is 123 Å². The van der Waals surface area contributed by atoms with Gasteiger partial charge >= 0.3 is 5.97 Å². The van der Waals surface area contributed by atoms with E-state index in [0.717, 1.165) is 0 Å². The molecule has 3 N–H and O–H groups in total. The molecule has 2 aromatic rings. The van der Waals surface area contributed by atoms with Crippen molar-refractivity contribution in [2.24, 2.45) is 0 Å². The van der Waals surface area contributed by atoms with Crippen molar-refractivity contribution in [2.45, 2.75) is 0 Å². The predicted octanol–water partition coefficient (Wildman–Crippen LogP) is 3.11. The normalized spacial score (nSPS) is 10.1. The number of hydrogen-bond donors (Lipinski definition) is 3. The van der Waals surface area contributed by atoms with Gasteiger partial charge in [-0.15, -0.1) is 0 Å². The molecule has 5 nitrogen and oxygen atoms in total. The van der Waals surface area contributed by atoms with E-state index in [1.807, 2.05) is 0 Å². The van der Waals surface area contributed by atoms with E-state index in [-0.39, 0.29) is 11.3 Å². The molecule has 102 valence electrons. The summed E-state index contributed by atoms with van der Waals surface area (Å²) in [6, 6.07) is 10.2. The van der Waals surface area contributed by atoms with E-state index in [1.165, 1.54) is 30.3 Å². The zero-order valence-electron chi connectivity index (χ0n) is 10.1. The van der Waals surface area contributed by atoms with Gasteiger partial charge in [0.15, 0.2) is 0 Å². The van der Waals surface area contributed by atoms with Crippen LogP contribution < -0.4 is 5.32 Å². The Bertz CT molecular complexity index is 685. The van der Waals surface area contributed by atoms with Crippen LogP contribution in [-0.2, 0) is 0 Å². The molecule has 0 aliphatic rings. The third kappa shape index (κ3) is 3.16. The largest absolute Gasteiger partial charge is 0.508 e. The Morgan fingerprint density at radius 1 is 1.05 bits per heavy atom. The molecule has 1 amide bonds. The number of anilines is 1. The van der Waals surface area contributed by atoms with Gasteiger partial charge < -0.3 is 15.5 Å². The Hall–Kier alpha value is -2.34. The van der Waals surface area contributed by atoms with Crippen molar-refractivity contribution in [2.75, 3.05) is 5.32 Å². The zero-order valence-corrected chi connectivity index (χ0v) is 11.7. The van der Waals surface area contributed by atoms with Gasteiger partial charge in [0.1, 0.15) is 5.75 Å². The molecule has 0 saturated heterocycles. The summed E-state index contributed by atoms with van der Waals surface area (Å²) in [7, 11) is 0. The van der Waals surface area contributed by atoms with E-state index in [4.69, 9.17) is 5.11 Å². The van der Waals surface area contributed by atoms with E-state index >= 15 is 0 Å². The highest BCUT2D eigenvalue weighted by Gasteiger charge is 2.11. The van der Waals surface area contributed by atoms with Crippen LogP contribution in [0, 0.1) is 0 Å². The third-order valence-corrected chi connectivity index (χ3v) is 3.23. The van der Waals surface area contributed by atoms with Gasteiger partial charge in [-0.1, -0.05) is 6.07 Å². The van der Waals surface area contributed by atoms with Crippen LogP contribution in [-0.4, -0.2) is 22.1 Å². The van der Waals surface area contributed by atoms with Crippen molar-refractivity contribution in [1.29, 1.82) is 0 Å². The van der Waals surface area contributed by atoms with Crippen molar-refractivity contribution in [3.8, 4) is 5.75 Å². The lowest BCUT2D eigenvalue weighted by atomic mass is 10.1. The number of aromatic hydroxyl groups is 1. The molecule has 20 heavy (non-hydrogen) atoms. The fraction of sp³-hybridized carbons (Fsp3) is 0. The highest BCUT2D eigenvalue weighted by Crippen LogP contribution is 2.24. The molecule has 0 aliphatic heterocycles. The summed E-state index contributed by atoms with van der Waals surface area (Å²) in [5, 5.41) is 20.8. The van der Waals surface area contributed by atoms with Crippen molar-refractivity contribution in [3.05, 3.63) is 58.1 Å². The highest BCUT2D eigenvalue weighted by atomic mass is 79.9. The van der Waals surface area contributed by atoms with Crippen LogP contribution in [0.1, 0.15) is 20.7 Å². The second kappa shape index (κ2) is 5.75. The summed E-state index contributed by atoms with van der Waals surface area (Å²) in [5.74, 6) is -1.45. The molecule has 6 heteroatoms. The number of benzene rings is 2. The monoisotopic (exact) mass is 335 g/mol. The van der Waals surface area contributed by atoms with Crippen molar-refractivity contribution in [3.63, 3.8) is 0 Å². The summed E-state index contributed by atoms with van der Waals surface area (Å²) in [4.78, 5) is 22.8. The molecule has 0 atom stereocenters. The number of phenols is 1. The molecule has 2 aromatic carbocycles. The first-order valence-corrected chi connectivity index (χ1v) is 6.40. The quantitative estimate of drug-likeness (QED) is 0.804. The minimum atomic E-state index is -1.04. The van der Waals surface area contributed by atoms with Gasteiger partial charge in [-0.3, -0.25) is 4.79 Å². The van der Waals surface area contributed by atoms with E-state index in [9.17, 15) is 14.7 Å². The van der Waals surface area contributed by atoms with Crippen LogP contribution in [0.5, 0.6) is 5.75 Å². The van der Waals surface area contributed by atoms with Crippen LogP contribution in [0.15, 0.2) is 46.9 Å². The molecule has 0 spiro atoms. The summed E-state index contributed by atoms with van der Waals surface area (Å²) >= 11 is 3.20. The van der Waals surface area contributed by atoms with E-state index in [2.05, 4.69) is 21.2 Å². The number of aromatic carboxylic acids is 1. The summed E-state index contributed by atoms with van der Waals surface area (Å²) in [5.41, 5.74) is 0.870. The van der Waals surface area contributed by atoms with Crippen LogP contribution in [0.25, 0.3) is 0 Å². The highest BCUT2D eigenvalue weighted by molar-refractivity contribution is 9.10. The first kappa shape index (κ1) is 14.1. The summed E-state index contributed by atoms with van der Waals surface area (Å²) < 4.78 is 0.464. The third-order valence-electron chi connectivity index (χ3n) is 2.57. The van der Waals surface area contributed by atoms with E-state index in [0.29, 0.717) is 15.7 Å². The molecular weight excluding hydrogens is 326 g/mol. The molecule has 0 fully saturated rings. The number of phenolic OH excluding ortho intramolecular Hbond substituents is 1. The number of carboxylic acid groups (broad SMARTS) is 1. The maximum atomic E-state index is 12.0. The first-order valence-electron chi connectivity index (χ1n) is 5.60. The lowest BCUT2D eigenvalue weighted by molar-refractivity contribution is 0.0696. The maximum absolute atomic E-state index is 12.0. The smallest absolute Gasteiger partial charge is 0.335 e. The summed E-state index contributed by atoms with van der Waals surface area (Å²) in [6.45, 7) is 0. The Morgan fingerprint density at radius 3 is 2.40 bits per heavy atom. The van der Waals surface area contributed by atoms with Crippen LogP contribution >= 0.6 is 15.9 Å². The number of hydrogen-bond acceptors (Lipinski definition) is 3. The first-order chi connectivity index (χ1) is 9.47. The molecule has 0 aliphatic carbocycles. The number of halogens is 1. The fourth-order valence-corrected chi connectivity index (χ4v) is 2.07. The number of carbonyl (C=O) groups is 2. The number of amides is 1. The average molecular weight is 336 g/mol. The molecule has 0 saturated carbocycles. The van der Waals surface area contributed by atoms with E-state index in [1.54, 1.807) is 12.1 Å². The van der Waals surface area contributed by atoms with Gasteiger partial charge in [0, 0.05) is 10.0 Å². The predicted molar refractivity (Wildman–Crippen MR) is 77.2 cm³/mol. The van der Waals surface area contributed by atoms with Crippen molar-refractivity contribution in [1.82, 2.24) is 0 Å². The Morgan fingerprint density at radius 2 is 1.80 bits per heavy atom. The van der Waals surface area contributed by atoms with Gasteiger partial charge in [-0.25, -0.2) is 4.79 Å². The van der Waals surface area contributed by atoms with Gasteiger partial charge in [0.05, 0.1) is 11.3 Å². The second-order valence-corrected chi connectivity index (χ2v) is 4.86. The lowest BCUT2D eigenvalue weighted by Gasteiger charge is -2.08. The second-order valence-electron chi connectivity index (χ2n) is 4.00.